The zero-order chi connectivity index (χ0) is 15.1. The number of rotatable bonds is 1. The summed E-state index contributed by atoms with van der Waals surface area (Å²) in [5.74, 6) is -3.58. The molecule has 1 heterocycles. The van der Waals surface area contributed by atoms with E-state index in [1.54, 1.807) is 0 Å². The van der Waals surface area contributed by atoms with Crippen molar-refractivity contribution in [2.45, 2.75) is 13.1 Å². The van der Waals surface area contributed by atoms with Crippen molar-refractivity contribution in [2.75, 3.05) is 0 Å². The van der Waals surface area contributed by atoms with Crippen molar-refractivity contribution >= 4 is 11.6 Å². The summed E-state index contributed by atoms with van der Waals surface area (Å²) < 4.78 is 65.3. The van der Waals surface area contributed by atoms with E-state index in [9.17, 15) is 22.0 Å². The van der Waals surface area contributed by atoms with E-state index in [2.05, 4.69) is 9.97 Å². The lowest BCUT2D eigenvalue weighted by Crippen LogP contribution is -2.12. The molecule has 0 aliphatic heterocycles. The third-order valence-electron chi connectivity index (χ3n) is 2.49. The van der Waals surface area contributed by atoms with Gasteiger partial charge in [0.1, 0.15) is 16.8 Å². The van der Waals surface area contributed by atoms with Crippen molar-refractivity contribution < 1.29 is 22.0 Å². The van der Waals surface area contributed by atoms with Crippen molar-refractivity contribution in [3.8, 4) is 11.3 Å². The first-order valence-corrected chi connectivity index (χ1v) is 5.64. The van der Waals surface area contributed by atoms with Gasteiger partial charge in [0, 0.05) is 6.07 Å². The molecule has 0 aliphatic rings. The molecule has 0 saturated heterocycles. The Hall–Kier alpha value is -1.76. The lowest BCUT2D eigenvalue weighted by molar-refractivity contribution is -0.144. The molecule has 2 nitrogen and oxygen atoms in total. The van der Waals surface area contributed by atoms with Crippen LogP contribution in [0.4, 0.5) is 22.0 Å². The molecule has 2 aromatic rings. The van der Waals surface area contributed by atoms with Gasteiger partial charge in [-0.05, 0) is 18.6 Å². The van der Waals surface area contributed by atoms with Crippen LogP contribution in [0.25, 0.3) is 11.3 Å². The van der Waals surface area contributed by atoms with E-state index in [1.807, 2.05) is 0 Å². The highest BCUT2D eigenvalue weighted by Gasteiger charge is 2.35. The van der Waals surface area contributed by atoms with E-state index in [-0.39, 0.29) is 5.56 Å². The lowest BCUT2D eigenvalue weighted by atomic mass is 10.1. The summed E-state index contributed by atoms with van der Waals surface area (Å²) in [7, 11) is 0. The molecule has 0 atom stereocenters. The third kappa shape index (κ3) is 2.72. The van der Waals surface area contributed by atoms with Crippen LogP contribution >= 0.6 is 11.6 Å². The summed E-state index contributed by atoms with van der Waals surface area (Å²) in [6.07, 6.45) is -4.86. The van der Waals surface area contributed by atoms with Crippen LogP contribution in [-0.4, -0.2) is 9.97 Å². The van der Waals surface area contributed by atoms with E-state index in [0.717, 1.165) is 12.1 Å². The highest BCUT2D eigenvalue weighted by molar-refractivity contribution is 6.29. The minimum absolute atomic E-state index is 0.0738. The van der Waals surface area contributed by atoms with Gasteiger partial charge in [-0.1, -0.05) is 17.7 Å². The van der Waals surface area contributed by atoms with Crippen LogP contribution in [0.1, 0.15) is 11.4 Å². The molecule has 0 bridgehead atoms. The second-order valence-electron chi connectivity index (χ2n) is 3.95. The molecule has 0 unspecified atom stereocenters. The Labute approximate surface area is 115 Å². The smallest absolute Gasteiger partial charge is 0.224 e. The Bertz CT molecular complexity index is 670. The number of alkyl halides is 3. The molecule has 8 heteroatoms. The zero-order valence-electron chi connectivity index (χ0n) is 9.89. The molecule has 106 valence electrons. The molecule has 0 N–H and O–H groups in total. The summed E-state index contributed by atoms with van der Waals surface area (Å²) in [6, 6.07) is 2.98. The number of halogens is 6. The molecular weight excluding hydrogens is 303 g/mol. The number of nitrogens with zero attached hydrogens (tertiary/aromatic N) is 2. The van der Waals surface area contributed by atoms with Gasteiger partial charge < -0.3 is 0 Å². The lowest BCUT2D eigenvalue weighted by Gasteiger charge is -2.10. The normalized spacial score (nSPS) is 11.8. The van der Waals surface area contributed by atoms with Gasteiger partial charge in [0.15, 0.2) is 0 Å². The van der Waals surface area contributed by atoms with E-state index in [4.69, 9.17) is 11.6 Å². The van der Waals surface area contributed by atoms with Crippen LogP contribution in [0, 0.1) is 18.6 Å². The van der Waals surface area contributed by atoms with Gasteiger partial charge in [0.2, 0.25) is 5.82 Å². The summed E-state index contributed by atoms with van der Waals surface area (Å²) in [5, 5.41) is -0.553. The maximum atomic E-state index is 13.9. The standard InChI is InChI=1S/C12H6ClF5N2/c1-5-2-3-6(14)9(10(5)15)7-4-8(13)20-11(19-7)12(16,17)18/h2-4H,1H3. The second kappa shape index (κ2) is 4.97. The molecule has 0 saturated carbocycles. The highest BCUT2D eigenvalue weighted by atomic mass is 35.5. The van der Waals surface area contributed by atoms with Gasteiger partial charge >= 0.3 is 6.18 Å². The fourth-order valence-electron chi connectivity index (χ4n) is 1.56. The number of aromatic nitrogens is 2. The molecule has 2 rings (SSSR count). The Balaban J connectivity index is 2.71. The third-order valence-corrected chi connectivity index (χ3v) is 2.68. The molecule has 1 aromatic heterocycles. The molecule has 0 amide bonds. The van der Waals surface area contributed by atoms with Crippen LogP contribution in [0.2, 0.25) is 5.15 Å². The summed E-state index contributed by atoms with van der Waals surface area (Å²) in [5.41, 5.74) is -1.15. The molecular formula is C12H6ClF5N2. The minimum Gasteiger partial charge on any atom is -0.224 e. The van der Waals surface area contributed by atoms with Crippen LogP contribution in [0.5, 0.6) is 0 Å². The summed E-state index contributed by atoms with van der Waals surface area (Å²) in [6.45, 7) is 1.35. The Morgan fingerprint density at radius 2 is 1.75 bits per heavy atom. The predicted molar refractivity (Wildman–Crippen MR) is 62.1 cm³/mol. The zero-order valence-corrected chi connectivity index (χ0v) is 10.7. The van der Waals surface area contributed by atoms with Crippen LogP contribution in [-0.2, 0) is 6.18 Å². The first-order chi connectivity index (χ1) is 9.20. The highest BCUT2D eigenvalue weighted by Crippen LogP contribution is 2.32. The largest absolute Gasteiger partial charge is 0.451 e. The van der Waals surface area contributed by atoms with Crippen LogP contribution in [0.15, 0.2) is 18.2 Å². The average molecular weight is 309 g/mol. The van der Waals surface area contributed by atoms with E-state index in [0.29, 0.717) is 0 Å². The first-order valence-electron chi connectivity index (χ1n) is 5.27. The fraction of sp³-hybridized carbons (Fsp3) is 0.167. The van der Waals surface area contributed by atoms with Gasteiger partial charge in [0.05, 0.1) is 11.3 Å². The number of aryl methyl sites for hydroxylation is 1. The van der Waals surface area contributed by atoms with Gasteiger partial charge in [0.25, 0.3) is 0 Å². The van der Waals surface area contributed by atoms with Gasteiger partial charge in [-0.3, -0.25) is 0 Å². The van der Waals surface area contributed by atoms with Crippen molar-refractivity contribution in [3.63, 3.8) is 0 Å². The molecule has 0 fully saturated rings. The molecule has 1 aromatic carbocycles. The SMILES string of the molecule is Cc1ccc(F)c(-c2cc(Cl)nc(C(F)(F)F)n2)c1F. The first kappa shape index (κ1) is 14.6. The Morgan fingerprint density at radius 1 is 1.10 bits per heavy atom. The fourth-order valence-corrected chi connectivity index (χ4v) is 1.75. The van der Waals surface area contributed by atoms with Crippen molar-refractivity contribution in [1.29, 1.82) is 0 Å². The van der Waals surface area contributed by atoms with E-state index >= 15 is 0 Å². The van der Waals surface area contributed by atoms with E-state index in [1.165, 1.54) is 13.0 Å². The average Bonchev–Trinajstić information content (AvgIpc) is 2.33. The number of benzene rings is 1. The number of hydrogen-bond acceptors (Lipinski definition) is 2. The van der Waals surface area contributed by atoms with Gasteiger partial charge in [-0.25, -0.2) is 18.7 Å². The van der Waals surface area contributed by atoms with Gasteiger partial charge in [-0.15, -0.1) is 0 Å². The summed E-state index contributed by atoms with van der Waals surface area (Å²) >= 11 is 5.45. The molecule has 20 heavy (non-hydrogen) atoms. The molecule has 0 spiro atoms. The van der Waals surface area contributed by atoms with Gasteiger partial charge in [-0.2, -0.15) is 13.2 Å². The second-order valence-corrected chi connectivity index (χ2v) is 4.34. The minimum atomic E-state index is -4.86. The summed E-state index contributed by atoms with van der Waals surface area (Å²) in [4.78, 5) is 6.13. The van der Waals surface area contributed by atoms with Crippen LogP contribution in [0.3, 0.4) is 0 Å². The number of hydrogen-bond donors (Lipinski definition) is 0. The van der Waals surface area contributed by atoms with Crippen molar-refractivity contribution in [1.82, 2.24) is 9.97 Å². The van der Waals surface area contributed by atoms with Crippen molar-refractivity contribution in [3.05, 3.63) is 46.4 Å². The Kier molecular flexibility index (Phi) is 3.64. The maximum Gasteiger partial charge on any atom is 0.451 e. The Morgan fingerprint density at radius 3 is 2.35 bits per heavy atom. The predicted octanol–water partition coefficient (Wildman–Crippen LogP) is 4.40. The quantitative estimate of drug-likeness (QED) is 0.576. The molecule has 0 radical (unpaired) electrons. The van der Waals surface area contributed by atoms with E-state index < -0.39 is 40.0 Å². The molecule has 0 aliphatic carbocycles. The topological polar surface area (TPSA) is 25.8 Å². The monoisotopic (exact) mass is 308 g/mol. The van der Waals surface area contributed by atoms with Crippen LogP contribution < -0.4 is 0 Å². The maximum absolute atomic E-state index is 13.9. The van der Waals surface area contributed by atoms with Crippen molar-refractivity contribution in [2.24, 2.45) is 0 Å².